The molecule has 1 amide bonds. The van der Waals surface area contributed by atoms with E-state index in [1.54, 1.807) is 0 Å². The molecule has 3 N–H and O–H groups in total. The van der Waals surface area contributed by atoms with Crippen LogP contribution >= 0.6 is 0 Å². The summed E-state index contributed by atoms with van der Waals surface area (Å²) in [4.78, 5) is 15.4. The number of nitrogens with zero attached hydrogens (tertiary/aromatic N) is 4. The lowest BCUT2D eigenvalue weighted by atomic mass is 9.99. The van der Waals surface area contributed by atoms with Crippen molar-refractivity contribution in [1.82, 2.24) is 14.8 Å². The number of halogens is 1. The van der Waals surface area contributed by atoms with E-state index in [2.05, 4.69) is 21.5 Å². The standard InChI is InChI=1S/C17H21FN6O3/c1-4-10(7-19)13(9-26-2)24-8-12(16(20)25)17(23-24)21-11-5-14(18)22-15(6-11)27-3/h5-6,8,10,13H,4,9H2,1-3H3,(H2,20,25)(H,21,22,23). The normalized spacial score (nSPS) is 12.9. The maximum absolute atomic E-state index is 13.6. The van der Waals surface area contributed by atoms with Crippen molar-refractivity contribution in [1.29, 1.82) is 5.26 Å². The first-order valence-electron chi connectivity index (χ1n) is 8.19. The van der Waals surface area contributed by atoms with E-state index in [1.807, 2.05) is 6.92 Å². The van der Waals surface area contributed by atoms with Gasteiger partial charge in [0.25, 0.3) is 5.91 Å². The van der Waals surface area contributed by atoms with Gasteiger partial charge in [-0.2, -0.15) is 19.7 Å². The fourth-order valence-corrected chi connectivity index (χ4v) is 2.62. The number of rotatable bonds is 9. The number of ether oxygens (including phenoxy) is 2. The van der Waals surface area contributed by atoms with Gasteiger partial charge in [-0.15, -0.1) is 0 Å². The number of aromatic nitrogens is 3. The maximum Gasteiger partial charge on any atom is 0.254 e. The van der Waals surface area contributed by atoms with Crippen LogP contribution in [0.3, 0.4) is 0 Å². The van der Waals surface area contributed by atoms with E-state index in [0.717, 1.165) is 6.07 Å². The number of hydrogen-bond acceptors (Lipinski definition) is 7. The third kappa shape index (κ3) is 4.71. The Balaban J connectivity index is 2.44. The van der Waals surface area contributed by atoms with Crippen LogP contribution in [0, 0.1) is 23.2 Å². The number of methoxy groups -OCH3 is 2. The summed E-state index contributed by atoms with van der Waals surface area (Å²) < 4.78 is 25.2. The maximum atomic E-state index is 13.6. The number of carbonyl (C=O) groups is 1. The number of nitriles is 1. The molecule has 10 heteroatoms. The highest BCUT2D eigenvalue weighted by Crippen LogP contribution is 2.27. The van der Waals surface area contributed by atoms with Gasteiger partial charge in [0.1, 0.15) is 5.56 Å². The zero-order valence-corrected chi connectivity index (χ0v) is 15.3. The molecule has 0 bridgehead atoms. The highest BCUT2D eigenvalue weighted by atomic mass is 19.1. The summed E-state index contributed by atoms with van der Waals surface area (Å²) in [7, 11) is 2.87. The molecule has 2 aromatic rings. The van der Waals surface area contributed by atoms with Gasteiger partial charge in [-0.1, -0.05) is 6.92 Å². The minimum Gasteiger partial charge on any atom is -0.481 e. The molecule has 2 rings (SSSR count). The summed E-state index contributed by atoms with van der Waals surface area (Å²) in [6.45, 7) is 2.10. The van der Waals surface area contributed by atoms with Gasteiger partial charge in [0.05, 0.1) is 31.7 Å². The van der Waals surface area contributed by atoms with Crippen molar-refractivity contribution in [3.05, 3.63) is 29.8 Å². The van der Waals surface area contributed by atoms with Crippen molar-refractivity contribution < 1.29 is 18.7 Å². The number of anilines is 2. The van der Waals surface area contributed by atoms with Crippen molar-refractivity contribution in [2.45, 2.75) is 19.4 Å². The minimum absolute atomic E-state index is 0.0605. The summed E-state index contributed by atoms with van der Waals surface area (Å²) in [5.41, 5.74) is 5.82. The molecule has 9 nitrogen and oxygen atoms in total. The second-order valence-electron chi connectivity index (χ2n) is 5.75. The smallest absolute Gasteiger partial charge is 0.254 e. The molecule has 27 heavy (non-hydrogen) atoms. The summed E-state index contributed by atoms with van der Waals surface area (Å²) in [6.07, 6.45) is 2.02. The molecule has 0 aliphatic rings. The molecule has 0 saturated heterocycles. The Bertz CT molecular complexity index is 848. The van der Waals surface area contributed by atoms with E-state index in [4.69, 9.17) is 15.2 Å². The second-order valence-corrected chi connectivity index (χ2v) is 5.75. The lowest BCUT2D eigenvalue weighted by Crippen LogP contribution is -2.23. The first kappa shape index (κ1) is 20.1. The number of primary amides is 1. The molecule has 0 aromatic carbocycles. The van der Waals surface area contributed by atoms with Crippen LogP contribution in [0.25, 0.3) is 0 Å². The Morgan fingerprint density at radius 1 is 1.48 bits per heavy atom. The largest absolute Gasteiger partial charge is 0.481 e. The van der Waals surface area contributed by atoms with Crippen molar-refractivity contribution >= 4 is 17.4 Å². The number of nitrogens with two attached hydrogens (primary N) is 1. The van der Waals surface area contributed by atoms with E-state index >= 15 is 0 Å². The second kappa shape index (κ2) is 8.95. The number of amides is 1. The van der Waals surface area contributed by atoms with Gasteiger partial charge in [0, 0.05) is 31.1 Å². The quantitative estimate of drug-likeness (QED) is 0.641. The molecule has 0 aliphatic carbocycles. The van der Waals surface area contributed by atoms with Gasteiger partial charge in [0.2, 0.25) is 11.8 Å². The summed E-state index contributed by atoms with van der Waals surface area (Å²) in [5.74, 6) is -1.66. The van der Waals surface area contributed by atoms with Crippen LogP contribution in [-0.4, -0.2) is 41.5 Å². The van der Waals surface area contributed by atoms with Crippen molar-refractivity contribution in [3.63, 3.8) is 0 Å². The zero-order chi connectivity index (χ0) is 20.0. The molecule has 0 saturated carbocycles. The van der Waals surface area contributed by atoms with E-state index < -0.39 is 17.9 Å². The Morgan fingerprint density at radius 3 is 2.78 bits per heavy atom. The van der Waals surface area contributed by atoms with Crippen LogP contribution in [0.4, 0.5) is 15.9 Å². The van der Waals surface area contributed by atoms with Crippen LogP contribution in [0.1, 0.15) is 29.7 Å². The van der Waals surface area contributed by atoms with Crippen molar-refractivity contribution in [2.75, 3.05) is 26.1 Å². The average Bonchev–Trinajstić information content (AvgIpc) is 3.05. The van der Waals surface area contributed by atoms with Gasteiger partial charge in [-0.25, -0.2) is 0 Å². The first-order valence-corrected chi connectivity index (χ1v) is 8.19. The number of hydrogen-bond donors (Lipinski definition) is 2. The Morgan fingerprint density at radius 2 is 2.22 bits per heavy atom. The Hall–Kier alpha value is -3.19. The van der Waals surface area contributed by atoms with Gasteiger partial charge in [-0.05, 0) is 6.42 Å². The van der Waals surface area contributed by atoms with Gasteiger partial charge in [0.15, 0.2) is 5.82 Å². The SMILES string of the molecule is CCC(C#N)C(COC)n1cc(C(N)=O)c(Nc2cc(F)nc(OC)c2)n1. The van der Waals surface area contributed by atoms with Gasteiger partial charge >= 0.3 is 0 Å². The molecule has 0 aliphatic heterocycles. The number of nitrogens with one attached hydrogen (secondary N) is 1. The third-order valence-electron chi connectivity index (χ3n) is 3.99. The number of pyridine rings is 1. The fraction of sp³-hybridized carbons (Fsp3) is 0.412. The fourth-order valence-electron chi connectivity index (χ4n) is 2.62. The molecule has 144 valence electrons. The van der Waals surface area contributed by atoms with Crippen LogP contribution in [0.2, 0.25) is 0 Å². The Labute approximate surface area is 155 Å². The highest BCUT2D eigenvalue weighted by Gasteiger charge is 2.25. The van der Waals surface area contributed by atoms with E-state index in [9.17, 15) is 14.4 Å². The molecule has 2 heterocycles. The van der Waals surface area contributed by atoms with E-state index in [1.165, 1.54) is 31.2 Å². The number of carbonyl (C=O) groups excluding carboxylic acids is 1. The predicted molar refractivity (Wildman–Crippen MR) is 95.1 cm³/mol. The van der Waals surface area contributed by atoms with Gasteiger partial charge in [-0.3, -0.25) is 9.48 Å². The summed E-state index contributed by atoms with van der Waals surface area (Å²) in [6, 6.07) is 4.38. The molecule has 2 unspecified atom stereocenters. The molecular weight excluding hydrogens is 355 g/mol. The predicted octanol–water partition coefficient (Wildman–Crippen LogP) is 2.01. The minimum atomic E-state index is -0.760. The molecular formula is C17H21FN6O3. The lowest BCUT2D eigenvalue weighted by molar-refractivity contribution is 0.1000. The molecule has 2 atom stereocenters. The van der Waals surface area contributed by atoms with E-state index in [0.29, 0.717) is 6.42 Å². The van der Waals surface area contributed by atoms with Crippen LogP contribution < -0.4 is 15.8 Å². The average molecular weight is 376 g/mol. The topological polar surface area (TPSA) is 128 Å². The highest BCUT2D eigenvalue weighted by molar-refractivity contribution is 5.98. The molecule has 0 fully saturated rings. The first-order chi connectivity index (χ1) is 12.9. The summed E-state index contributed by atoms with van der Waals surface area (Å²) in [5, 5.41) is 16.6. The van der Waals surface area contributed by atoms with E-state index in [-0.39, 0.29) is 35.5 Å². The third-order valence-corrected chi connectivity index (χ3v) is 3.99. The van der Waals surface area contributed by atoms with Crippen molar-refractivity contribution in [3.8, 4) is 11.9 Å². The van der Waals surface area contributed by atoms with Crippen LogP contribution in [0.5, 0.6) is 5.88 Å². The monoisotopic (exact) mass is 376 g/mol. The van der Waals surface area contributed by atoms with Crippen LogP contribution in [0.15, 0.2) is 18.3 Å². The summed E-state index contributed by atoms with van der Waals surface area (Å²) >= 11 is 0. The Kier molecular flexibility index (Phi) is 6.67. The molecule has 0 radical (unpaired) electrons. The molecule has 2 aromatic heterocycles. The van der Waals surface area contributed by atoms with Crippen molar-refractivity contribution in [2.24, 2.45) is 11.7 Å². The van der Waals surface area contributed by atoms with Gasteiger partial charge < -0.3 is 20.5 Å². The molecule has 0 spiro atoms. The van der Waals surface area contributed by atoms with Crippen LogP contribution in [-0.2, 0) is 4.74 Å². The zero-order valence-electron chi connectivity index (χ0n) is 15.3. The lowest BCUT2D eigenvalue weighted by Gasteiger charge is -2.20.